The lowest BCUT2D eigenvalue weighted by Gasteiger charge is -2.03. The lowest BCUT2D eigenvalue weighted by atomic mass is 10.1. The van der Waals surface area contributed by atoms with Crippen molar-refractivity contribution in [2.75, 3.05) is 12.9 Å². The fourth-order valence-corrected chi connectivity index (χ4v) is 1.23. The van der Waals surface area contributed by atoms with E-state index in [0.29, 0.717) is 11.3 Å². The number of benzene rings is 1. The molecule has 0 aliphatic heterocycles. The molecule has 0 amide bonds. The maximum absolute atomic E-state index is 13.7. The van der Waals surface area contributed by atoms with Gasteiger partial charge in [-0.15, -0.1) is 0 Å². The molecule has 0 aromatic heterocycles. The second-order valence-electron chi connectivity index (χ2n) is 2.79. The number of ether oxygens (including phenoxy) is 1. The van der Waals surface area contributed by atoms with Crippen LogP contribution in [0.2, 0.25) is 0 Å². The number of carbonyl (C=O) groups excluding carboxylic acids is 1. The average Bonchev–Trinajstić information content (AvgIpc) is 2.27. The Morgan fingerprint density at radius 2 is 2.33 bits per heavy atom. The van der Waals surface area contributed by atoms with E-state index in [2.05, 4.69) is 17.4 Å². The molecule has 0 unspecified atom stereocenters. The molecule has 0 radical (unpaired) electrons. The lowest BCUT2D eigenvalue weighted by molar-refractivity contribution is 0.0595. The standard InChI is InChI=1S/C11H11FO2S/c1-14-11(13)9-6-2-4-8(10(9)12)5-3-7-15/h2-6,15H,7H2,1H3. The molecule has 0 bridgehead atoms. The molecule has 1 aromatic rings. The first-order valence-corrected chi connectivity index (χ1v) is 4.98. The zero-order chi connectivity index (χ0) is 11.3. The zero-order valence-electron chi connectivity index (χ0n) is 8.24. The Morgan fingerprint density at radius 1 is 1.60 bits per heavy atom. The lowest BCUT2D eigenvalue weighted by Crippen LogP contribution is -2.05. The van der Waals surface area contributed by atoms with Crippen LogP contribution in [0, 0.1) is 5.82 Å². The van der Waals surface area contributed by atoms with E-state index >= 15 is 0 Å². The molecule has 0 saturated heterocycles. The summed E-state index contributed by atoms with van der Waals surface area (Å²) in [6, 6.07) is 4.58. The third kappa shape index (κ3) is 2.83. The molecule has 0 heterocycles. The van der Waals surface area contributed by atoms with E-state index in [0.717, 1.165) is 0 Å². The first-order valence-electron chi connectivity index (χ1n) is 4.35. The van der Waals surface area contributed by atoms with Gasteiger partial charge in [0.05, 0.1) is 12.7 Å². The number of thiol groups is 1. The van der Waals surface area contributed by atoms with Crippen LogP contribution in [0.25, 0.3) is 6.08 Å². The van der Waals surface area contributed by atoms with Crippen LogP contribution in [0.4, 0.5) is 4.39 Å². The van der Waals surface area contributed by atoms with Crippen molar-refractivity contribution in [1.29, 1.82) is 0 Å². The number of halogens is 1. The number of methoxy groups -OCH3 is 1. The first kappa shape index (κ1) is 11.8. The Balaban J connectivity index is 3.11. The van der Waals surface area contributed by atoms with Crippen molar-refractivity contribution in [3.8, 4) is 0 Å². The van der Waals surface area contributed by atoms with E-state index in [-0.39, 0.29) is 5.56 Å². The van der Waals surface area contributed by atoms with Crippen LogP contribution >= 0.6 is 12.6 Å². The Morgan fingerprint density at radius 3 is 2.93 bits per heavy atom. The predicted molar refractivity (Wildman–Crippen MR) is 60.6 cm³/mol. The summed E-state index contributed by atoms with van der Waals surface area (Å²) in [6.45, 7) is 0. The molecular formula is C11H11FO2S. The smallest absolute Gasteiger partial charge is 0.340 e. The number of esters is 1. The molecule has 1 aromatic carbocycles. The second kappa shape index (κ2) is 5.56. The van der Waals surface area contributed by atoms with Crippen LogP contribution < -0.4 is 0 Å². The Hall–Kier alpha value is -1.29. The topological polar surface area (TPSA) is 26.3 Å². The number of hydrogen-bond acceptors (Lipinski definition) is 3. The van der Waals surface area contributed by atoms with E-state index < -0.39 is 11.8 Å². The third-order valence-corrected chi connectivity index (χ3v) is 2.05. The van der Waals surface area contributed by atoms with Crippen LogP contribution in [0.1, 0.15) is 15.9 Å². The highest BCUT2D eigenvalue weighted by atomic mass is 32.1. The van der Waals surface area contributed by atoms with E-state index in [9.17, 15) is 9.18 Å². The summed E-state index contributed by atoms with van der Waals surface area (Å²) < 4.78 is 18.1. The normalized spacial score (nSPS) is 10.6. The minimum atomic E-state index is -0.673. The van der Waals surface area contributed by atoms with Crippen LogP contribution in [0.5, 0.6) is 0 Å². The summed E-state index contributed by atoms with van der Waals surface area (Å²) in [7, 11) is 1.22. The molecular weight excluding hydrogens is 215 g/mol. The van der Waals surface area contributed by atoms with Gasteiger partial charge in [-0.1, -0.05) is 24.3 Å². The van der Waals surface area contributed by atoms with Crippen molar-refractivity contribution >= 4 is 24.7 Å². The predicted octanol–water partition coefficient (Wildman–Crippen LogP) is 2.56. The molecule has 1 rings (SSSR count). The van der Waals surface area contributed by atoms with Gasteiger partial charge in [0, 0.05) is 11.3 Å². The molecule has 0 spiro atoms. The maximum atomic E-state index is 13.7. The van der Waals surface area contributed by atoms with Crippen LogP contribution in [-0.4, -0.2) is 18.8 Å². The van der Waals surface area contributed by atoms with Crippen molar-refractivity contribution in [2.24, 2.45) is 0 Å². The largest absolute Gasteiger partial charge is 0.465 e. The molecule has 4 heteroatoms. The Kier molecular flexibility index (Phi) is 4.37. The fourth-order valence-electron chi connectivity index (χ4n) is 1.13. The monoisotopic (exact) mass is 226 g/mol. The summed E-state index contributed by atoms with van der Waals surface area (Å²) in [4.78, 5) is 11.2. The highest BCUT2D eigenvalue weighted by Crippen LogP contribution is 2.15. The van der Waals surface area contributed by atoms with Gasteiger partial charge >= 0.3 is 5.97 Å². The van der Waals surface area contributed by atoms with Gasteiger partial charge in [0.15, 0.2) is 0 Å². The quantitative estimate of drug-likeness (QED) is 0.633. The molecule has 0 saturated carbocycles. The van der Waals surface area contributed by atoms with Crippen LogP contribution in [0.3, 0.4) is 0 Å². The fraction of sp³-hybridized carbons (Fsp3) is 0.182. The molecule has 0 aliphatic rings. The van der Waals surface area contributed by atoms with E-state index in [1.807, 2.05) is 0 Å². The SMILES string of the molecule is COC(=O)c1cccc(C=CCS)c1F. The van der Waals surface area contributed by atoms with Gasteiger partial charge in [0.2, 0.25) is 0 Å². The van der Waals surface area contributed by atoms with Crippen molar-refractivity contribution in [2.45, 2.75) is 0 Å². The number of rotatable bonds is 3. The summed E-state index contributed by atoms with van der Waals surface area (Å²) in [5.41, 5.74) is 0.297. The van der Waals surface area contributed by atoms with E-state index in [1.165, 1.54) is 13.2 Å². The minimum Gasteiger partial charge on any atom is -0.465 e. The van der Waals surface area contributed by atoms with E-state index in [1.54, 1.807) is 24.3 Å². The van der Waals surface area contributed by atoms with Crippen molar-refractivity contribution < 1.29 is 13.9 Å². The van der Waals surface area contributed by atoms with Gasteiger partial charge in [-0.05, 0) is 6.07 Å². The number of carbonyl (C=O) groups is 1. The highest BCUT2D eigenvalue weighted by molar-refractivity contribution is 7.80. The van der Waals surface area contributed by atoms with Crippen LogP contribution in [-0.2, 0) is 4.74 Å². The Bertz CT molecular complexity index is 388. The van der Waals surface area contributed by atoms with Gasteiger partial charge in [-0.3, -0.25) is 0 Å². The van der Waals surface area contributed by atoms with Gasteiger partial charge in [-0.2, -0.15) is 12.6 Å². The number of hydrogen-bond donors (Lipinski definition) is 1. The molecule has 80 valence electrons. The molecule has 0 N–H and O–H groups in total. The highest BCUT2D eigenvalue weighted by Gasteiger charge is 2.13. The maximum Gasteiger partial charge on any atom is 0.340 e. The molecule has 0 aliphatic carbocycles. The molecule has 0 atom stereocenters. The van der Waals surface area contributed by atoms with Crippen molar-refractivity contribution in [1.82, 2.24) is 0 Å². The summed E-state index contributed by atoms with van der Waals surface area (Å²) >= 11 is 3.97. The third-order valence-electron chi connectivity index (χ3n) is 1.84. The summed E-state index contributed by atoms with van der Waals surface area (Å²) in [5.74, 6) is -0.724. The van der Waals surface area contributed by atoms with E-state index in [4.69, 9.17) is 0 Å². The van der Waals surface area contributed by atoms with Gasteiger partial charge in [0.1, 0.15) is 5.82 Å². The van der Waals surface area contributed by atoms with Crippen molar-refractivity contribution in [3.63, 3.8) is 0 Å². The zero-order valence-corrected chi connectivity index (χ0v) is 9.13. The second-order valence-corrected chi connectivity index (χ2v) is 3.15. The average molecular weight is 226 g/mol. The summed E-state index contributed by atoms with van der Waals surface area (Å²) in [6.07, 6.45) is 3.28. The molecule has 15 heavy (non-hydrogen) atoms. The minimum absolute atomic E-state index is 0.0567. The van der Waals surface area contributed by atoms with Crippen LogP contribution in [0.15, 0.2) is 24.3 Å². The van der Waals surface area contributed by atoms with Gasteiger partial charge < -0.3 is 4.74 Å². The van der Waals surface area contributed by atoms with Crippen molar-refractivity contribution in [3.05, 3.63) is 41.2 Å². The molecule has 2 nitrogen and oxygen atoms in total. The van der Waals surface area contributed by atoms with Gasteiger partial charge in [-0.25, -0.2) is 9.18 Å². The Labute approximate surface area is 93.2 Å². The molecule has 0 fully saturated rings. The van der Waals surface area contributed by atoms with Gasteiger partial charge in [0.25, 0.3) is 0 Å². The summed E-state index contributed by atoms with van der Waals surface area (Å²) in [5, 5.41) is 0. The first-order chi connectivity index (χ1) is 7.20.